The Morgan fingerprint density at radius 1 is 1.53 bits per heavy atom. The van der Waals surface area contributed by atoms with Crippen LogP contribution in [0.25, 0.3) is 11.3 Å². The van der Waals surface area contributed by atoms with Gasteiger partial charge in [-0.05, 0) is 6.92 Å². The van der Waals surface area contributed by atoms with Crippen molar-refractivity contribution in [1.82, 2.24) is 24.8 Å². The molecular weight excluding hydrogens is 222 g/mol. The number of aromatic nitrogens is 5. The number of hydrogen-bond donors (Lipinski definition) is 0. The van der Waals surface area contributed by atoms with Crippen LogP contribution in [0.2, 0.25) is 0 Å². The van der Waals surface area contributed by atoms with E-state index in [0.29, 0.717) is 12.2 Å². The molecule has 0 bridgehead atoms. The molecule has 0 N–H and O–H groups in total. The Hall–Kier alpha value is -2.18. The molecule has 0 saturated heterocycles. The lowest BCUT2D eigenvalue weighted by Gasteiger charge is -2.02. The van der Waals surface area contributed by atoms with Gasteiger partial charge in [0.2, 0.25) is 0 Å². The highest BCUT2D eigenvalue weighted by molar-refractivity contribution is 5.93. The van der Waals surface area contributed by atoms with Crippen LogP contribution < -0.4 is 0 Å². The minimum atomic E-state index is -0.497. The molecule has 2 aromatic rings. The first kappa shape index (κ1) is 11.3. The molecule has 0 aliphatic rings. The summed E-state index contributed by atoms with van der Waals surface area (Å²) in [5.74, 6) is -0.497. The van der Waals surface area contributed by atoms with E-state index in [0.717, 1.165) is 5.56 Å². The molecule has 0 spiro atoms. The lowest BCUT2D eigenvalue weighted by Crippen LogP contribution is -2.05. The van der Waals surface area contributed by atoms with Gasteiger partial charge in [0.25, 0.3) is 0 Å². The molecule has 2 heterocycles. The van der Waals surface area contributed by atoms with E-state index in [4.69, 9.17) is 0 Å². The number of ether oxygens (including phenoxy) is 1. The van der Waals surface area contributed by atoms with Crippen LogP contribution in [-0.4, -0.2) is 37.9 Å². The first-order valence-electron chi connectivity index (χ1n) is 5.18. The van der Waals surface area contributed by atoms with Crippen LogP contribution in [0.3, 0.4) is 0 Å². The summed E-state index contributed by atoms with van der Waals surface area (Å²) < 4.78 is 7.98. The van der Waals surface area contributed by atoms with Gasteiger partial charge in [0, 0.05) is 25.4 Å². The number of rotatable bonds is 3. The molecule has 0 saturated carbocycles. The van der Waals surface area contributed by atoms with E-state index in [9.17, 15) is 4.79 Å². The number of carbonyl (C=O) groups excluding carboxylic acids is 1. The SMILES string of the molecule is CCn1nnc(C(=O)OC)c1-c1cnn(C)c1. The lowest BCUT2D eigenvalue weighted by atomic mass is 10.2. The van der Waals surface area contributed by atoms with Crippen LogP contribution in [0.15, 0.2) is 12.4 Å². The van der Waals surface area contributed by atoms with Crippen molar-refractivity contribution in [2.75, 3.05) is 7.11 Å². The summed E-state index contributed by atoms with van der Waals surface area (Å²) in [6.45, 7) is 2.55. The molecule has 90 valence electrons. The fourth-order valence-corrected chi connectivity index (χ4v) is 1.60. The van der Waals surface area contributed by atoms with Crippen LogP contribution in [0.5, 0.6) is 0 Å². The van der Waals surface area contributed by atoms with Crippen molar-refractivity contribution in [1.29, 1.82) is 0 Å². The standard InChI is InChI=1S/C10H13N5O2/c1-4-15-9(7-5-11-14(2)6-7)8(12-13-15)10(16)17-3/h5-6H,4H2,1-3H3. The summed E-state index contributed by atoms with van der Waals surface area (Å²) in [6, 6.07) is 0. The molecule has 7 heteroatoms. The highest BCUT2D eigenvalue weighted by Gasteiger charge is 2.21. The third kappa shape index (κ3) is 1.91. The van der Waals surface area contributed by atoms with E-state index in [-0.39, 0.29) is 5.69 Å². The highest BCUT2D eigenvalue weighted by atomic mass is 16.5. The third-order valence-electron chi connectivity index (χ3n) is 2.39. The van der Waals surface area contributed by atoms with Crippen LogP contribution in [-0.2, 0) is 18.3 Å². The minimum Gasteiger partial charge on any atom is -0.464 e. The maximum Gasteiger partial charge on any atom is 0.360 e. The fraction of sp³-hybridized carbons (Fsp3) is 0.400. The Kier molecular flexibility index (Phi) is 2.90. The maximum atomic E-state index is 11.6. The Bertz CT molecular complexity index is 543. The number of hydrogen-bond acceptors (Lipinski definition) is 5. The summed E-state index contributed by atoms with van der Waals surface area (Å²) >= 11 is 0. The second kappa shape index (κ2) is 4.36. The van der Waals surface area contributed by atoms with Gasteiger partial charge in [-0.25, -0.2) is 9.48 Å². The highest BCUT2D eigenvalue weighted by Crippen LogP contribution is 2.21. The lowest BCUT2D eigenvalue weighted by molar-refractivity contribution is 0.0595. The van der Waals surface area contributed by atoms with Gasteiger partial charge >= 0.3 is 5.97 Å². The molecule has 7 nitrogen and oxygen atoms in total. The molecule has 0 aliphatic heterocycles. The Balaban J connectivity index is 2.56. The molecule has 17 heavy (non-hydrogen) atoms. The Morgan fingerprint density at radius 2 is 2.29 bits per heavy atom. The molecule has 0 radical (unpaired) electrons. The van der Waals surface area contributed by atoms with Crippen molar-refractivity contribution in [3.63, 3.8) is 0 Å². The number of methoxy groups -OCH3 is 1. The fourth-order valence-electron chi connectivity index (χ4n) is 1.60. The third-order valence-corrected chi connectivity index (χ3v) is 2.39. The van der Waals surface area contributed by atoms with E-state index < -0.39 is 5.97 Å². The van der Waals surface area contributed by atoms with Crippen molar-refractivity contribution < 1.29 is 9.53 Å². The zero-order valence-corrected chi connectivity index (χ0v) is 9.91. The summed E-state index contributed by atoms with van der Waals surface area (Å²) in [7, 11) is 3.13. The van der Waals surface area contributed by atoms with Crippen molar-refractivity contribution >= 4 is 5.97 Å². The largest absolute Gasteiger partial charge is 0.464 e. The second-order valence-electron chi connectivity index (χ2n) is 3.50. The quantitative estimate of drug-likeness (QED) is 0.723. The van der Waals surface area contributed by atoms with Gasteiger partial charge in [-0.2, -0.15) is 5.10 Å². The van der Waals surface area contributed by atoms with Crippen LogP contribution in [0.4, 0.5) is 0 Å². The number of esters is 1. The van der Waals surface area contributed by atoms with E-state index in [2.05, 4.69) is 20.1 Å². The van der Waals surface area contributed by atoms with Gasteiger partial charge in [0.15, 0.2) is 5.69 Å². The average molecular weight is 235 g/mol. The van der Waals surface area contributed by atoms with Crippen molar-refractivity contribution in [2.45, 2.75) is 13.5 Å². The predicted octanol–water partition coefficient (Wildman–Crippen LogP) is 0.485. The zero-order chi connectivity index (χ0) is 12.4. The molecule has 0 fully saturated rings. The first-order chi connectivity index (χ1) is 8.17. The van der Waals surface area contributed by atoms with E-state index in [1.54, 1.807) is 28.8 Å². The summed E-state index contributed by atoms with van der Waals surface area (Å²) in [4.78, 5) is 11.6. The normalized spacial score (nSPS) is 10.5. The number of nitrogens with zero attached hydrogens (tertiary/aromatic N) is 5. The van der Waals surface area contributed by atoms with Crippen molar-refractivity contribution in [3.05, 3.63) is 18.1 Å². The summed E-state index contributed by atoms with van der Waals surface area (Å²) in [5, 5.41) is 11.8. The van der Waals surface area contributed by atoms with Crippen LogP contribution in [0, 0.1) is 0 Å². The first-order valence-corrected chi connectivity index (χ1v) is 5.18. The monoisotopic (exact) mass is 235 g/mol. The van der Waals surface area contributed by atoms with Gasteiger partial charge in [-0.1, -0.05) is 5.21 Å². The molecule has 0 aliphatic carbocycles. The van der Waals surface area contributed by atoms with Gasteiger partial charge < -0.3 is 4.74 Å². The van der Waals surface area contributed by atoms with Gasteiger partial charge in [0.05, 0.1) is 13.3 Å². The van der Waals surface area contributed by atoms with Crippen LogP contribution in [0.1, 0.15) is 17.4 Å². The van der Waals surface area contributed by atoms with Crippen LogP contribution >= 0.6 is 0 Å². The van der Waals surface area contributed by atoms with Crippen molar-refractivity contribution in [3.8, 4) is 11.3 Å². The topological polar surface area (TPSA) is 74.8 Å². The molecule has 0 amide bonds. The van der Waals surface area contributed by atoms with E-state index in [1.165, 1.54) is 7.11 Å². The molecule has 0 unspecified atom stereocenters. The van der Waals surface area contributed by atoms with Crippen molar-refractivity contribution in [2.24, 2.45) is 7.05 Å². The van der Waals surface area contributed by atoms with Gasteiger partial charge in [0.1, 0.15) is 5.69 Å². The van der Waals surface area contributed by atoms with E-state index in [1.807, 2.05) is 6.92 Å². The molecule has 2 rings (SSSR count). The number of aryl methyl sites for hydroxylation is 2. The molecular formula is C10H13N5O2. The summed E-state index contributed by atoms with van der Waals surface area (Å²) in [6.07, 6.45) is 3.47. The van der Waals surface area contributed by atoms with Gasteiger partial charge in [-0.15, -0.1) is 5.10 Å². The Morgan fingerprint density at radius 3 is 2.82 bits per heavy atom. The zero-order valence-electron chi connectivity index (χ0n) is 9.91. The Labute approximate surface area is 98.0 Å². The second-order valence-corrected chi connectivity index (χ2v) is 3.50. The minimum absolute atomic E-state index is 0.211. The maximum absolute atomic E-state index is 11.6. The molecule has 0 aromatic carbocycles. The smallest absolute Gasteiger partial charge is 0.360 e. The van der Waals surface area contributed by atoms with E-state index >= 15 is 0 Å². The molecule has 0 atom stereocenters. The number of carbonyl (C=O) groups is 1. The average Bonchev–Trinajstić information content (AvgIpc) is 2.93. The molecule has 2 aromatic heterocycles. The van der Waals surface area contributed by atoms with Gasteiger partial charge in [-0.3, -0.25) is 4.68 Å². The summed E-state index contributed by atoms with van der Waals surface area (Å²) in [5.41, 5.74) is 1.63. The predicted molar refractivity (Wildman–Crippen MR) is 59.2 cm³/mol.